The fourth-order valence-electron chi connectivity index (χ4n) is 3.33. The molecule has 0 aliphatic carbocycles. The van der Waals surface area contributed by atoms with Crippen LogP contribution < -0.4 is 80.0 Å². The van der Waals surface area contributed by atoms with Crippen LogP contribution in [-0.4, -0.2) is 31.2 Å². The Balaban J connectivity index is 0.000000394. The number of hydrogen-bond acceptors (Lipinski definition) is 11. The monoisotopic (exact) mass is 620 g/mol. The van der Waals surface area contributed by atoms with Gasteiger partial charge in [-0.3, -0.25) is 4.79 Å². The van der Waals surface area contributed by atoms with Crippen LogP contribution in [-0.2, 0) is 9.59 Å². The number of carbonyl (C=O) groups excluding carboxylic acids is 4. The summed E-state index contributed by atoms with van der Waals surface area (Å²) in [6.07, 6.45) is 2.74. The maximum Gasteiger partial charge on any atom is 1.00 e. The number of carboxylic acids is 2. The molecule has 0 aliphatic heterocycles. The number of aromatic carboxylic acids is 2. The Labute approximate surface area is 286 Å². The number of carboxylic acid groups (broad SMARTS) is 2. The summed E-state index contributed by atoms with van der Waals surface area (Å²) in [7, 11) is 1.70. The van der Waals surface area contributed by atoms with Gasteiger partial charge in [0.15, 0.2) is 0 Å². The van der Waals surface area contributed by atoms with Crippen molar-refractivity contribution < 1.29 is 88.5 Å². The van der Waals surface area contributed by atoms with E-state index < -0.39 is 11.9 Å². The SMILES string of the molecule is CNc1scc(-c2cccs2)c1C(=O)[O-].O=CCCCCC(=O)Nc1scc(-c2cccs2)c1C(=O)[O-].[Na+].[Na+]. The summed E-state index contributed by atoms with van der Waals surface area (Å²) in [6, 6.07) is 7.46. The summed E-state index contributed by atoms with van der Waals surface area (Å²) in [5, 5.41) is 36.2. The normalized spacial score (nSPS) is 9.77. The zero-order chi connectivity index (χ0) is 26.8. The van der Waals surface area contributed by atoms with Crippen molar-refractivity contribution in [2.75, 3.05) is 17.7 Å². The van der Waals surface area contributed by atoms with Gasteiger partial charge in [0.1, 0.15) is 11.3 Å². The van der Waals surface area contributed by atoms with Gasteiger partial charge in [0.2, 0.25) is 5.91 Å². The molecule has 2 N–H and O–H groups in total. The predicted molar refractivity (Wildman–Crippen MR) is 147 cm³/mol. The molecule has 0 fully saturated rings. The van der Waals surface area contributed by atoms with Gasteiger partial charge in [0.05, 0.1) is 16.9 Å². The molecule has 0 saturated heterocycles. The van der Waals surface area contributed by atoms with E-state index in [4.69, 9.17) is 0 Å². The molecule has 0 spiro atoms. The first kappa shape index (κ1) is 35.7. The summed E-state index contributed by atoms with van der Waals surface area (Å²) in [6.45, 7) is 0. The second-order valence-corrected chi connectivity index (χ2v) is 11.1. The van der Waals surface area contributed by atoms with E-state index in [1.54, 1.807) is 12.4 Å². The molecule has 4 aromatic rings. The van der Waals surface area contributed by atoms with Crippen molar-refractivity contribution >= 4 is 79.5 Å². The first-order chi connectivity index (χ1) is 17.9. The van der Waals surface area contributed by atoms with E-state index in [1.165, 1.54) is 45.3 Å². The number of anilines is 2. The number of unbranched alkanes of at least 4 members (excludes halogenated alkanes) is 2. The first-order valence-corrected chi connectivity index (χ1v) is 14.5. The topological polar surface area (TPSA) is 138 Å². The third-order valence-corrected chi connectivity index (χ3v) is 8.72. The van der Waals surface area contributed by atoms with E-state index in [0.717, 1.165) is 21.6 Å². The quantitative estimate of drug-likeness (QED) is 0.117. The minimum Gasteiger partial charge on any atom is -0.545 e. The first-order valence-electron chi connectivity index (χ1n) is 11.0. The van der Waals surface area contributed by atoms with Crippen molar-refractivity contribution in [1.29, 1.82) is 0 Å². The van der Waals surface area contributed by atoms with Crippen molar-refractivity contribution in [3.63, 3.8) is 0 Å². The number of hydrogen-bond donors (Lipinski definition) is 2. The standard InChI is InChI=1S/C15H15NO4S2.C10H9NO2S2.2Na/c17-7-3-1-2-6-12(18)16-14-13(15(19)20)10(9-22-14)11-5-4-8-21-11;1-11-9-8(10(12)13)6(5-15-9)7-3-2-4-14-7;;/h4-5,7-9H,1-3,6H2,(H,16,18)(H,19,20);2-5,11H,1H3,(H,12,13);;/q;;2*+1/p-2. The molecule has 0 radical (unpaired) electrons. The number of nitrogens with one attached hydrogen (secondary N) is 2. The molecule has 4 aromatic heterocycles. The van der Waals surface area contributed by atoms with Crippen molar-refractivity contribution in [1.82, 2.24) is 0 Å². The second-order valence-electron chi connectivity index (χ2n) is 7.45. The van der Waals surface area contributed by atoms with Gasteiger partial charge in [-0.1, -0.05) is 12.1 Å². The zero-order valence-corrected chi connectivity index (χ0v) is 28.9. The van der Waals surface area contributed by atoms with Crippen molar-refractivity contribution in [3.8, 4) is 20.9 Å². The Morgan fingerprint density at radius 3 is 1.77 bits per heavy atom. The smallest absolute Gasteiger partial charge is 0.545 e. The Morgan fingerprint density at radius 1 is 0.821 bits per heavy atom. The molecule has 0 aromatic carbocycles. The average Bonchev–Trinajstić information content (AvgIpc) is 3.67. The molecule has 1 amide bonds. The summed E-state index contributed by atoms with van der Waals surface area (Å²) in [4.78, 5) is 46.2. The molecule has 0 saturated carbocycles. The summed E-state index contributed by atoms with van der Waals surface area (Å²) in [5.74, 6) is -2.70. The molecule has 4 heterocycles. The Bertz CT molecular complexity index is 1350. The number of rotatable bonds is 11. The van der Waals surface area contributed by atoms with E-state index in [9.17, 15) is 29.4 Å². The molecule has 0 atom stereocenters. The van der Waals surface area contributed by atoms with Gasteiger partial charge in [-0.05, 0) is 35.7 Å². The average molecular weight is 621 g/mol. The van der Waals surface area contributed by atoms with E-state index in [-0.39, 0.29) is 82.6 Å². The van der Waals surface area contributed by atoms with Crippen LogP contribution in [0.4, 0.5) is 10.0 Å². The van der Waals surface area contributed by atoms with Crippen LogP contribution in [0.25, 0.3) is 20.9 Å². The predicted octanol–water partition coefficient (Wildman–Crippen LogP) is -1.57. The third-order valence-electron chi connectivity index (χ3n) is 5.02. The third kappa shape index (κ3) is 9.92. The Morgan fingerprint density at radius 2 is 1.33 bits per heavy atom. The minimum absolute atomic E-state index is 0. The van der Waals surface area contributed by atoms with Gasteiger partial charge in [0, 0.05) is 62.7 Å². The molecule has 0 bridgehead atoms. The molecule has 14 heteroatoms. The van der Waals surface area contributed by atoms with Crippen LogP contribution in [0.3, 0.4) is 0 Å². The number of amides is 1. The van der Waals surface area contributed by atoms with Crippen LogP contribution in [0.2, 0.25) is 0 Å². The number of aldehydes is 1. The second kappa shape index (κ2) is 18.2. The van der Waals surface area contributed by atoms with Crippen LogP contribution >= 0.6 is 45.3 Å². The van der Waals surface area contributed by atoms with E-state index >= 15 is 0 Å². The van der Waals surface area contributed by atoms with Crippen LogP contribution in [0.1, 0.15) is 46.4 Å². The summed E-state index contributed by atoms with van der Waals surface area (Å²) < 4.78 is 0. The molecule has 194 valence electrons. The molecule has 39 heavy (non-hydrogen) atoms. The van der Waals surface area contributed by atoms with Crippen molar-refractivity contribution in [3.05, 3.63) is 56.9 Å². The van der Waals surface area contributed by atoms with Gasteiger partial charge in [-0.2, -0.15) is 0 Å². The molecule has 0 aliphatic rings. The van der Waals surface area contributed by atoms with E-state index in [2.05, 4.69) is 10.6 Å². The molecular formula is C25H22N2Na2O6S4. The summed E-state index contributed by atoms with van der Waals surface area (Å²) >= 11 is 5.50. The van der Waals surface area contributed by atoms with Gasteiger partial charge in [0.25, 0.3) is 0 Å². The minimum atomic E-state index is -1.30. The fraction of sp³-hybridized carbons (Fsp3) is 0.200. The van der Waals surface area contributed by atoms with E-state index in [1.807, 2.05) is 40.4 Å². The van der Waals surface area contributed by atoms with E-state index in [0.29, 0.717) is 34.8 Å². The molecule has 4 rings (SSSR count). The zero-order valence-electron chi connectivity index (χ0n) is 21.6. The maximum absolute atomic E-state index is 11.8. The molecule has 0 unspecified atom stereocenters. The Kier molecular flexibility index (Phi) is 16.6. The maximum atomic E-state index is 11.8. The van der Waals surface area contributed by atoms with Crippen molar-refractivity contribution in [2.45, 2.75) is 25.7 Å². The van der Waals surface area contributed by atoms with Crippen molar-refractivity contribution in [2.24, 2.45) is 0 Å². The Hall–Kier alpha value is -1.32. The molecule has 8 nitrogen and oxygen atoms in total. The van der Waals surface area contributed by atoms with Gasteiger partial charge in [-0.15, -0.1) is 45.3 Å². The fourth-order valence-corrected chi connectivity index (χ4v) is 6.85. The number of thiophene rings is 4. The van der Waals surface area contributed by atoms with Crippen LogP contribution in [0.5, 0.6) is 0 Å². The molecular weight excluding hydrogens is 599 g/mol. The summed E-state index contributed by atoms with van der Waals surface area (Å²) in [5.41, 5.74) is 1.58. The van der Waals surface area contributed by atoms with Gasteiger partial charge >= 0.3 is 59.1 Å². The number of carbonyl (C=O) groups is 4. The van der Waals surface area contributed by atoms with Crippen LogP contribution in [0.15, 0.2) is 45.8 Å². The van der Waals surface area contributed by atoms with Gasteiger partial charge < -0.3 is 35.2 Å². The van der Waals surface area contributed by atoms with Crippen LogP contribution in [0, 0.1) is 0 Å². The largest absolute Gasteiger partial charge is 1.00 e. The van der Waals surface area contributed by atoms with Gasteiger partial charge in [-0.25, -0.2) is 0 Å².